The quantitative estimate of drug-likeness (QED) is 0.481. The van der Waals surface area contributed by atoms with Crippen molar-refractivity contribution in [3.05, 3.63) is 0 Å². The first kappa shape index (κ1) is 12.4. The maximum Gasteiger partial charge on any atom is 0.00313 e. The summed E-state index contributed by atoms with van der Waals surface area (Å²) in [6.07, 6.45) is 10.9. The molecule has 0 rings (SSSR count). The summed E-state index contributed by atoms with van der Waals surface area (Å²) in [4.78, 5) is 0. The standard InChI is InChI=1S/C10H22BrN/c11-9-7-5-3-1-2-4-6-8-10-12/h1-10,12H2. The summed E-state index contributed by atoms with van der Waals surface area (Å²) in [6.45, 7) is 0.865. The summed E-state index contributed by atoms with van der Waals surface area (Å²) in [5.41, 5.74) is 5.40. The molecule has 0 atom stereocenters. The molecule has 0 saturated heterocycles. The summed E-state index contributed by atoms with van der Waals surface area (Å²) in [6, 6.07) is 0. The van der Waals surface area contributed by atoms with E-state index in [0.29, 0.717) is 0 Å². The van der Waals surface area contributed by atoms with Crippen molar-refractivity contribution in [1.29, 1.82) is 0 Å². The second-order valence-electron chi connectivity index (χ2n) is 3.31. The van der Waals surface area contributed by atoms with Crippen molar-refractivity contribution in [2.24, 2.45) is 5.73 Å². The van der Waals surface area contributed by atoms with Crippen molar-refractivity contribution in [2.75, 3.05) is 11.9 Å². The van der Waals surface area contributed by atoms with Gasteiger partial charge in [0.15, 0.2) is 0 Å². The first-order chi connectivity index (χ1) is 5.91. The van der Waals surface area contributed by atoms with E-state index in [-0.39, 0.29) is 0 Å². The fourth-order valence-corrected chi connectivity index (χ4v) is 1.70. The maximum absolute atomic E-state index is 5.40. The van der Waals surface area contributed by atoms with E-state index in [0.717, 1.165) is 6.54 Å². The van der Waals surface area contributed by atoms with Crippen LogP contribution in [0.25, 0.3) is 0 Å². The molecule has 0 fully saturated rings. The van der Waals surface area contributed by atoms with Crippen LogP contribution in [0.15, 0.2) is 0 Å². The minimum Gasteiger partial charge on any atom is -0.330 e. The zero-order chi connectivity index (χ0) is 9.07. The molecule has 0 aromatic carbocycles. The molecule has 0 radical (unpaired) electrons. The molecule has 2 heteroatoms. The third-order valence-corrected chi connectivity index (χ3v) is 2.65. The number of hydrogen-bond acceptors (Lipinski definition) is 1. The van der Waals surface area contributed by atoms with Gasteiger partial charge in [-0.2, -0.15) is 0 Å². The van der Waals surface area contributed by atoms with E-state index < -0.39 is 0 Å². The number of nitrogens with two attached hydrogens (primary N) is 1. The molecule has 0 aromatic heterocycles. The average Bonchev–Trinajstić information content (AvgIpc) is 2.10. The Bertz CT molecular complexity index is 66.2. The number of hydrogen-bond donors (Lipinski definition) is 1. The van der Waals surface area contributed by atoms with E-state index in [1.165, 1.54) is 56.7 Å². The molecule has 74 valence electrons. The average molecular weight is 236 g/mol. The van der Waals surface area contributed by atoms with E-state index in [1.54, 1.807) is 0 Å². The van der Waals surface area contributed by atoms with Crippen molar-refractivity contribution in [3.8, 4) is 0 Å². The van der Waals surface area contributed by atoms with Gasteiger partial charge in [0, 0.05) is 5.33 Å². The van der Waals surface area contributed by atoms with Crippen molar-refractivity contribution >= 4 is 15.9 Å². The van der Waals surface area contributed by atoms with Crippen LogP contribution < -0.4 is 5.73 Å². The molecular formula is C10H22BrN. The third-order valence-electron chi connectivity index (χ3n) is 2.09. The molecule has 0 aliphatic heterocycles. The molecule has 2 N–H and O–H groups in total. The highest BCUT2D eigenvalue weighted by atomic mass is 79.9. The summed E-state index contributed by atoms with van der Waals surface area (Å²) >= 11 is 3.44. The molecule has 0 heterocycles. The van der Waals surface area contributed by atoms with Gasteiger partial charge in [-0.05, 0) is 19.4 Å². The Labute approximate surface area is 85.2 Å². The van der Waals surface area contributed by atoms with Crippen LogP contribution in [0.2, 0.25) is 0 Å². The lowest BCUT2D eigenvalue weighted by Gasteiger charge is -1.99. The van der Waals surface area contributed by atoms with Crippen LogP contribution in [0.5, 0.6) is 0 Å². The van der Waals surface area contributed by atoms with Crippen molar-refractivity contribution in [1.82, 2.24) is 0 Å². The van der Waals surface area contributed by atoms with Crippen molar-refractivity contribution < 1.29 is 0 Å². The molecule has 0 bridgehead atoms. The van der Waals surface area contributed by atoms with Gasteiger partial charge in [-0.1, -0.05) is 54.5 Å². The molecule has 0 spiro atoms. The molecule has 0 aliphatic rings. The third kappa shape index (κ3) is 10.4. The Morgan fingerprint density at radius 3 is 1.50 bits per heavy atom. The van der Waals surface area contributed by atoms with Gasteiger partial charge >= 0.3 is 0 Å². The summed E-state index contributed by atoms with van der Waals surface area (Å²) < 4.78 is 0. The Balaban J connectivity index is 2.73. The Kier molecular flexibility index (Phi) is 11.9. The Hall–Kier alpha value is 0.440. The lowest BCUT2D eigenvalue weighted by molar-refractivity contribution is 0.580. The largest absolute Gasteiger partial charge is 0.330 e. The highest BCUT2D eigenvalue weighted by Gasteiger charge is 1.90. The molecule has 0 saturated carbocycles. The molecule has 0 aromatic rings. The number of alkyl halides is 1. The molecule has 0 aliphatic carbocycles. The predicted molar refractivity (Wildman–Crippen MR) is 59.8 cm³/mol. The smallest absolute Gasteiger partial charge is 0.00313 e. The topological polar surface area (TPSA) is 26.0 Å². The molecule has 12 heavy (non-hydrogen) atoms. The van der Waals surface area contributed by atoms with E-state index in [4.69, 9.17) is 5.73 Å². The van der Waals surface area contributed by atoms with Crippen LogP contribution >= 0.6 is 15.9 Å². The highest BCUT2D eigenvalue weighted by molar-refractivity contribution is 9.09. The lowest BCUT2D eigenvalue weighted by Crippen LogP contribution is -1.97. The second-order valence-corrected chi connectivity index (χ2v) is 4.10. The molecular weight excluding hydrogens is 214 g/mol. The van der Waals surface area contributed by atoms with Gasteiger partial charge in [-0.15, -0.1) is 0 Å². The number of halogens is 1. The lowest BCUT2D eigenvalue weighted by atomic mass is 10.1. The predicted octanol–water partition coefficient (Wildman–Crippen LogP) is 3.46. The maximum atomic E-state index is 5.40. The second kappa shape index (κ2) is 11.4. The van der Waals surface area contributed by atoms with Crippen molar-refractivity contribution in [3.63, 3.8) is 0 Å². The minimum atomic E-state index is 0.865. The fourth-order valence-electron chi connectivity index (χ4n) is 1.30. The number of unbranched alkanes of at least 4 members (excludes halogenated alkanes) is 7. The zero-order valence-electron chi connectivity index (χ0n) is 8.03. The minimum absolute atomic E-state index is 0.865. The monoisotopic (exact) mass is 235 g/mol. The van der Waals surface area contributed by atoms with E-state index in [2.05, 4.69) is 15.9 Å². The van der Waals surface area contributed by atoms with Crippen molar-refractivity contribution in [2.45, 2.75) is 51.4 Å². The molecule has 1 nitrogen and oxygen atoms in total. The van der Waals surface area contributed by atoms with Crippen LogP contribution in [0.3, 0.4) is 0 Å². The van der Waals surface area contributed by atoms with E-state index in [1.807, 2.05) is 0 Å². The normalized spacial score (nSPS) is 10.5. The molecule has 0 unspecified atom stereocenters. The van der Waals surface area contributed by atoms with Gasteiger partial charge in [0.25, 0.3) is 0 Å². The van der Waals surface area contributed by atoms with Crippen LogP contribution in [0, 0.1) is 0 Å². The molecule has 0 amide bonds. The first-order valence-electron chi connectivity index (χ1n) is 5.18. The highest BCUT2D eigenvalue weighted by Crippen LogP contribution is 2.08. The van der Waals surface area contributed by atoms with Crippen LogP contribution in [0.4, 0.5) is 0 Å². The number of rotatable bonds is 9. The SMILES string of the molecule is NCCCCCCCCCCBr. The zero-order valence-corrected chi connectivity index (χ0v) is 9.61. The summed E-state index contributed by atoms with van der Waals surface area (Å²) in [5, 5.41) is 1.17. The van der Waals surface area contributed by atoms with E-state index in [9.17, 15) is 0 Å². The van der Waals surface area contributed by atoms with Crippen LogP contribution in [-0.4, -0.2) is 11.9 Å². The van der Waals surface area contributed by atoms with Gasteiger partial charge in [-0.3, -0.25) is 0 Å². The van der Waals surface area contributed by atoms with Crippen LogP contribution in [0.1, 0.15) is 51.4 Å². The summed E-state index contributed by atoms with van der Waals surface area (Å²) in [7, 11) is 0. The van der Waals surface area contributed by atoms with Gasteiger partial charge in [0.2, 0.25) is 0 Å². The van der Waals surface area contributed by atoms with Gasteiger partial charge < -0.3 is 5.73 Å². The summed E-state index contributed by atoms with van der Waals surface area (Å²) in [5.74, 6) is 0. The fraction of sp³-hybridized carbons (Fsp3) is 1.00. The van der Waals surface area contributed by atoms with Gasteiger partial charge in [0.05, 0.1) is 0 Å². The van der Waals surface area contributed by atoms with Gasteiger partial charge in [0.1, 0.15) is 0 Å². The Morgan fingerprint density at radius 1 is 0.667 bits per heavy atom. The van der Waals surface area contributed by atoms with E-state index >= 15 is 0 Å². The Morgan fingerprint density at radius 2 is 1.08 bits per heavy atom. The first-order valence-corrected chi connectivity index (χ1v) is 6.30. The van der Waals surface area contributed by atoms with Gasteiger partial charge in [-0.25, -0.2) is 0 Å². The van der Waals surface area contributed by atoms with Crippen LogP contribution in [-0.2, 0) is 0 Å².